The molecule has 20 heavy (non-hydrogen) atoms. The summed E-state index contributed by atoms with van der Waals surface area (Å²) in [5.41, 5.74) is 1.29. The number of methoxy groups -OCH3 is 1. The molecular formula is C17H21NO2. The molecule has 0 spiro atoms. The molecule has 1 atom stereocenters. The number of nitrogens with one attached hydrogen (secondary N) is 1. The van der Waals surface area contributed by atoms with Gasteiger partial charge in [0.25, 0.3) is 0 Å². The van der Waals surface area contributed by atoms with Crippen molar-refractivity contribution in [2.75, 3.05) is 20.3 Å². The van der Waals surface area contributed by atoms with Crippen molar-refractivity contribution in [3.63, 3.8) is 0 Å². The van der Waals surface area contributed by atoms with Gasteiger partial charge in [-0.3, -0.25) is 0 Å². The molecule has 0 bridgehead atoms. The average Bonchev–Trinajstić information content (AvgIpc) is 2.53. The third-order valence-corrected chi connectivity index (χ3v) is 3.18. The van der Waals surface area contributed by atoms with Crippen molar-refractivity contribution in [1.29, 1.82) is 0 Å². The van der Waals surface area contributed by atoms with Crippen molar-refractivity contribution in [2.24, 2.45) is 0 Å². The van der Waals surface area contributed by atoms with E-state index in [9.17, 15) is 0 Å². The summed E-state index contributed by atoms with van der Waals surface area (Å²) in [5, 5.41) is 3.44. The van der Waals surface area contributed by atoms with Crippen LogP contribution in [0.5, 0.6) is 11.5 Å². The fourth-order valence-corrected chi connectivity index (χ4v) is 1.98. The van der Waals surface area contributed by atoms with E-state index >= 15 is 0 Å². The van der Waals surface area contributed by atoms with Crippen molar-refractivity contribution < 1.29 is 9.47 Å². The average molecular weight is 271 g/mol. The van der Waals surface area contributed by atoms with Crippen molar-refractivity contribution >= 4 is 0 Å². The Morgan fingerprint density at radius 1 is 0.950 bits per heavy atom. The van der Waals surface area contributed by atoms with Crippen LogP contribution in [0, 0.1) is 0 Å². The highest BCUT2D eigenvalue weighted by atomic mass is 16.5. The Kier molecular flexibility index (Phi) is 5.44. The first kappa shape index (κ1) is 14.4. The largest absolute Gasteiger partial charge is 0.497 e. The summed E-state index contributed by atoms with van der Waals surface area (Å²) in [6.45, 7) is 3.61. The maximum absolute atomic E-state index is 5.67. The lowest BCUT2D eigenvalue weighted by molar-refractivity contribution is 0.307. The summed E-state index contributed by atoms with van der Waals surface area (Å²) in [6.07, 6.45) is 0. The van der Waals surface area contributed by atoms with E-state index in [1.807, 2.05) is 30.3 Å². The third-order valence-electron chi connectivity index (χ3n) is 3.18. The molecule has 0 aliphatic heterocycles. The molecule has 3 nitrogen and oxygen atoms in total. The van der Waals surface area contributed by atoms with E-state index in [4.69, 9.17) is 9.47 Å². The first-order valence-electron chi connectivity index (χ1n) is 6.85. The highest BCUT2D eigenvalue weighted by molar-refractivity contribution is 5.31. The lowest BCUT2D eigenvalue weighted by Crippen LogP contribution is -2.24. The van der Waals surface area contributed by atoms with E-state index < -0.39 is 0 Å². The number of ether oxygens (including phenoxy) is 2. The van der Waals surface area contributed by atoms with Gasteiger partial charge >= 0.3 is 0 Å². The van der Waals surface area contributed by atoms with Gasteiger partial charge in [-0.25, -0.2) is 0 Å². The lowest BCUT2D eigenvalue weighted by Gasteiger charge is -2.14. The molecular weight excluding hydrogens is 250 g/mol. The van der Waals surface area contributed by atoms with Crippen LogP contribution in [0.4, 0.5) is 0 Å². The number of hydrogen-bond donors (Lipinski definition) is 1. The molecule has 0 aliphatic carbocycles. The van der Waals surface area contributed by atoms with Gasteiger partial charge in [-0.2, -0.15) is 0 Å². The number of hydrogen-bond acceptors (Lipinski definition) is 3. The maximum Gasteiger partial charge on any atom is 0.119 e. The zero-order chi connectivity index (χ0) is 14.2. The van der Waals surface area contributed by atoms with Crippen LogP contribution < -0.4 is 14.8 Å². The van der Waals surface area contributed by atoms with E-state index in [2.05, 4.69) is 36.5 Å². The van der Waals surface area contributed by atoms with Gasteiger partial charge in [0.05, 0.1) is 7.11 Å². The van der Waals surface area contributed by atoms with Gasteiger partial charge in [0.2, 0.25) is 0 Å². The Morgan fingerprint density at radius 2 is 1.60 bits per heavy atom. The smallest absolute Gasteiger partial charge is 0.119 e. The van der Waals surface area contributed by atoms with E-state index in [1.165, 1.54) is 5.56 Å². The summed E-state index contributed by atoms with van der Waals surface area (Å²) in [5.74, 6) is 1.70. The standard InChI is InChI=1S/C17H21NO2/c1-14(15-6-4-3-5-7-15)18-12-13-20-17-10-8-16(19-2)9-11-17/h3-11,14,18H,12-13H2,1-2H3. The Labute approximate surface area is 120 Å². The molecule has 0 aliphatic rings. The molecule has 1 N–H and O–H groups in total. The highest BCUT2D eigenvalue weighted by Crippen LogP contribution is 2.17. The Balaban J connectivity index is 1.70. The van der Waals surface area contributed by atoms with Crippen molar-refractivity contribution in [2.45, 2.75) is 13.0 Å². The quantitative estimate of drug-likeness (QED) is 0.783. The van der Waals surface area contributed by atoms with Crippen LogP contribution in [0.3, 0.4) is 0 Å². The SMILES string of the molecule is COc1ccc(OCCNC(C)c2ccccc2)cc1. The zero-order valence-electron chi connectivity index (χ0n) is 12.0. The van der Waals surface area contributed by atoms with Gasteiger partial charge in [0, 0.05) is 12.6 Å². The second kappa shape index (κ2) is 7.56. The number of rotatable bonds is 7. The molecule has 2 aromatic carbocycles. The van der Waals surface area contributed by atoms with Crippen molar-refractivity contribution in [3.8, 4) is 11.5 Å². The van der Waals surface area contributed by atoms with Crippen LogP contribution in [0.25, 0.3) is 0 Å². The minimum Gasteiger partial charge on any atom is -0.497 e. The first-order chi connectivity index (χ1) is 9.79. The molecule has 0 heterocycles. The summed E-state index contributed by atoms with van der Waals surface area (Å²) in [7, 11) is 1.66. The van der Waals surface area contributed by atoms with Crippen LogP contribution in [0.15, 0.2) is 54.6 Å². The van der Waals surface area contributed by atoms with Gasteiger partial charge < -0.3 is 14.8 Å². The fraction of sp³-hybridized carbons (Fsp3) is 0.294. The van der Waals surface area contributed by atoms with Crippen molar-refractivity contribution in [3.05, 3.63) is 60.2 Å². The van der Waals surface area contributed by atoms with Crippen LogP contribution in [-0.2, 0) is 0 Å². The Hall–Kier alpha value is -2.00. The van der Waals surface area contributed by atoms with Gasteiger partial charge in [-0.15, -0.1) is 0 Å². The van der Waals surface area contributed by atoms with Crippen LogP contribution in [0.2, 0.25) is 0 Å². The van der Waals surface area contributed by atoms with E-state index in [-0.39, 0.29) is 0 Å². The summed E-state index contributed by atoms with van der Waals surface area (Å²) in [4.78, 5) is 0. The monoisotopic (exact) mass is 271 g/mol. The van der Waals surface area contributed by atoms with Crippen LogP contribution in [-0.4, -0.2) is 20.3 Å². The van der Waals surface area contributed by atoms with Crippen molar-refractivity contribution in [1.82, 2.24) is 5.32 Å². The molecule has 0 amide bonds. The summed E-state index contributed by atoms with van der Waals surface area (Å²) in [6, 6.07) is 18.4. The topological polar surface area (TPSA) is 30.5 Å². The minimum atomic E-state index is 0.329. The van der Waals surface area contributed by atoms with Gasteiger partial charge in [0.15, 0.2) is 0 Å². The predicted molar refractivity (Wildman–Crippen MR) is 81.3 cm³/mol. The van der Waals surface area contributed by atoms with E-state index in [0.717, 1.165) is 18.0 Å². The number of benzene rings is 2. The second-order valence-corrected chi connectivity index (χ2v) is 4.61. The third kappa shape index (κ3) is 4.28. The fourth-order valence-electron chi connectivity index (χ4n) is 1.98. The molecule has 1 unspecified atom stereocenters. The normalized spacial score (nSPS) is 11.9. The molecule has 3 heteroatoms. The Bertz CT molecular complexity index is 496. The zero-order valence-corrected chi connectivity index (χ0v) is 12.0. The first-order valence-corrected chi connectivity index (χ1v) is 6.85. The summed E-state index contributed by atoms with van der Waals surface area (Å²) >= 11 is 0. The highest BCUT2D eigenvalue weighted by Gasteiger charge is 2.03. The molecule has 0 aromatic heterocycles. The predicted octanol–water partition coefficient (Wildman–Crippen LogP) is 3.42. The minimum absolute atomic E-state index is 0.329. The summed E-state index contributed by atoms with van der Waals surface area (Å²) < 4.78 is 10.8. The molecule has 0 saturated carbocycles. The molecule has 2 rings (SSSR count). The molecule has 106 valence electrons. The molecule has 0 radical (unpaired) electrons. The van der Waals surface area contributed by atoms with Gasteiger partial charge in [-0.1, -0.05) is 30.3 Å². The van der Waals surface area contributed by atoms with Gasteiger partial charge in [0.1, 0.15) is 18.1 Å². The molecule has 2 aromatic rings. The van der Waals surface area contributed by atoms with Crippen LogP contribution >= 0.6 is 0 Å². The molecule has 0 saturated heterocycles. The second-order valence-electron chi connectivity index (χ2n) is 4.61. The van der Waals surface area contributed by atoms with Gasteiger partial charge in [-0.05, 0) is 36.8 Å². The van der Waals surface area contributed by atoms with E-state index in [1.54, 1.807) is 7.11 Å². The molecule has 0 fully saturated rings. The van der Waals surface area contributed by atoms with Crippen LogP contribution in [0.1, 0.15) is 18.5 Å². The van der Waals surface area contributed by atoms with E-state index in [0.29, 0.717) is 12.6 Å². The maximum atomic E-state index is 5.67. The Morgan fingerprint density at radius 3 is 2.25 bits per heavy atom. The lowest BCUT2D eigenvalue weighted by atomic mass is 10.1.